The molecule has 0 unspecified atom stereocenters. The maximum Gasteiger partial charge on any atom is 0.416 e. The smallest absolute Gasteiger partial charge is 0.416 e. The van der Waals surface area contributed by atoms with Gasteiger partial charge in [-0.3, -0.25) is 0 Å². The summed E-state index contributed by atoms with van der Waals surface area (Å²) in [6, 6.07) is 79.4. The third kappa shape index (κ3) is 37.3. The first-order valence-electron chi connectivity index (χ1n) is 37.8. The molecule has 1 aliphatic carbocycles. The summed E-state index contributed by atoms with van der Waals surface area (Å²) in [5, 5.41) is 27.9. The number of rotatable bonds is 15. The van der Waals surface area contributed by atoms with E-state index in [1.807, 2.05) is 24.3 Å². The van der Waals surface area contributed by atoms with Crippen molar-refractivity contribution in [3.63, 3.8) is 0 Å². The van der Waals surface area contributed by atoms with Crippen LogP contribution in [-0.4, -0.2) is 24.3 Å². The van der Waals surface area contributed by atoms with Gasteiger partial charge < -0.3 is 19.8 Å². The summed E-state index contributed by atoms with van der Waals surface area (Å²) in [5.41, 5.74) is -5.56. The number of allylic oxidation sites excluding steroid dienone is 4. The van der Waals surface area contributed by atoms with Crippen molar-refractivity contribution in [1.29, 1.82) is 0 Å². The molecule has 0 saturated carbocycles. The minimum atomic E-state index is -4.58. The predicted octanol–water partition coefficient (Wildman–Crippen LogP) is 23.1. The molecule has 0 aliphatic heterocycles. The molecule has 12 rings (SSSR count). The van der Waals surface area contributed by atoms with Gasteiger partial charge in [0.2, 0.25) is 0 Å². The third-order valence-corrected chi connectivity index (χ3v) is 27.5. The van der Waals surface area contributed by atoms with E-state index in [-0.39, 0.29) is 54.8 Å². The summed E-state index contributed by atoms with van der Waals surface area (Å²) in [6.45, 7) is 11.7. The molecule has 0 bridgehead atoms. The molecule has 0 fully saturated rings. The number of alkyl halides is 18. The number of benzene rings is 11. The van der Waals surface area contributed by atoms with Crippen LogP contribution in [0.3, 0.4) is 0 Å². The number of aliphatic carboxylic acids is 2. The molecule has 1 aliphatic rings. The van der Waals surface area contributed by atoms with E-state index in [0.29, 0.717) is 31.8 Å². The van der Waals surface area contributed by atoms with Crippen LogP contribution in [-0.2, 0) is 85.6 Å². The number of aryl methyl sites for hydroxylation is 1. The van der Waals surface area contributed by atoms with Crippen molar-refractivity contribution in [3.05, 3.63) is 361 Å². The number of hydrogen-bond donors (Lipinski definition) is 0. The fraction of sp³-hybridized carbons (Fsp3) is 0.242. The second kappa shape index (κ2) is 50.0. The van der Waals surface area contributed by atoms with Crippen molar-refractivity contribution >= 4 is 96.7 Å². The van der Waals surface area contributed by atoms with Crippen LogP contribution in [0.15, 0.2) is 315 Å². The predicted molar refractivity (Wildman–Crippen MR) is 453 cm³/mol. The Balaban J connectivity index is 0.000000329. The number of unbranched alkanes of at least 4 members (excludes halogenated alkanes) is 1. The van der Waals surface area contributed by atoms with Crippen LogP contribution in [0, 0.1) is 23.8 Å². The van der Waals surface area contributed by atoms with Gasteiger partial charge in [-0.2, -0.15) is 115 Å². The van der Waals surface area contributed by atoms with Gasteiger partial charge in [0.15, 0.2) is 0 Å². The van der Waals surface area contributed by atoms with Gasteiger partial charge >= 0.3 is 37.1 Å². The van der Waals surface area contributed by atoms with E-state index in [1.165, 1.54) is 150 Å². The van der Waals surface area contributed by atoms with E-state index < -0.39 is 109 Å². The van der Waals surface area contributed by atoms with E-state index in [0.717, 1.165) is 72.8 Å². The van der Waals surface area contributed by atoms with Crippen LogP contribution < -0.4 is 63.3 Å². The average Bonchev–Trinajstić information content (AvgIpc) is 0.792. The Morgan fingerprint density at radius 2 is 0.439 bits per heavy atom. The molecule has 0 heterocycles. The summed E-state index contributed by atoms with van der Waals surface area (Å²) in [7, 11) is -3.95. The first-order chi connectivity index (χ1) is 56.7. The first kappa shape index (κ1) is 107. The Labute approximate surface area is 737 Å². The van der Waals surface area contributed by atoms with Gasteiger partial charge in [0.1, 0.15) is 0 Å². The molecule has 0 atom stereocenters. The van der Waals surface area contributed by atoms with Crippen LogP contribution in [0.1, 0.15) is 119 Å². The van der Waals surface area contributed by atoms with Crippen molar-refractivity contribution < 1.29 is 138 Å². The standard InChI is InChI=1S/C28H28P2.2C21H12F9P.C8H12.C7H7.2C5H10O2.2Rh/c1-5-15-25(16-6-1)29(26-17-7-2-8-18-26)23-13-14-24-30(27-19-9-3-10-20-27)28-21-11-4-12-22-28;2*22-19(23,24)13-1-7-16(8-2-13)31(17-9-3-14(4-10-17)20(25,26)27)18-11-5-15(6-12-18)21(28,29)30;1-2-4-6-8-7-5-3-1;1-7-5-3-2-4-6-7;2*1-5(2,3)4(6)7;;/h1-12,15-22H,13-14,23-24H2;2*1-12H;1-2,7-8H,3-6H2;3-6H,1H3;2*1-3H3,(H,6,7);;/q;;;;-1;;;;/p-2/b;;;2-1-,8-7?;;;;;. The minimum absolute atomic E-state index is 0. The molecule has 0 amide bonds. The number of hydrogen-bond acceptors (Lipinski definition) is 4. The summed E-state index contributed by atoms with van der Waals surface area (Å²) < 4.78 is 232. The fourth-order valence-corrected chi connectivity index (χ4v) is 20.1. The van der Waals surface area contributed by atoms with Crippen molar-refractivity contribution in [3.8, 4) is 0 Å². The quantitative estimate of drug-likeness (QED) is 0.0256. The SMILES string of the molecule is C1=CCC/C=C\CC1.CC(C)(C)C(=O)[O-].CC(C)(C)C(=O)[O-].Cc1cc[c-]cc1.FC(F)(F)c1ccc(P(c2ccc(C(F)(F)F)cc2)c2ccc(C(F)(F)F)cc2)cc1.FC(F)(F)c1ccc(P(c2ccc(C(F)(F)F)cc2)c2ccc(C(F)(F)F)cc2)cc1.[Rh].[Rh].c1ccc(P(CCCCP(c2ccccc2)c2ccccc2)c2ccccc2)cc1. The second-order valence-electron chi connectivity index (χ2n) is 29.0. The molecule has 4 nitrogen and oxygen atoms in total. The van der Waals surface area contributed by atoms with Gasteiger partial charge in [-0.1, -0.05) is 267 Å². The summed E-state index contributed by atoms with van der Waals surface area (Å²) in [5.74, 6) is -2.01. The third-order valence-electron chi connectivity index (χ3n) is 17.4. The monoisotopic (exact) mass is 1970 g/mol. The van der Waals surface area contributed by atoms with Gasteiger partial charge in [0, 0.05) is 61.7 Å². The summed E-state index contributed by atoms with van der Waals surface area (Å²) >= 11 is 0. The Kier molecular flexibility index (Phi) is 43.5. The number of carboxylic acids is 2. The van der Waals surface area contributed by atoms with Crippen molar-refractivity contribution in [2.75, 3.05) is 12.3 Å². The van der Waals surface area contributed by atoms with E-state index >= 15 is 0 Å². The van der Waals surface area contributed by atoms with Gasteiger partial charge in [-0.05, 0) is 208 Å². The second-order valence-corrected chi connectivity index (χ2v) is 38.2. The Hall–Kier alpha value is -8.45. The van der Waals surface area contributed by atoms with Crippen LogP contribution in [0.2, 0.25) is 0 Å². The zero-order valence-corrected chi connectivity index (χ0v) is 74.4. The van der Waals surface area contributed by atoms with E-state index in [4.69, 9.17) is 0 Å². The molecule has 0 aromatic heterocycles. The molecule has 11 aromatic carbocycles. The average molecular weight is 1970 g/mol. The largest absolute Gasteiger partial charge is 0.550 e. The van der Waals surface area contributed by atoms with Crippen molar-refractivity contribution in [1.82, 2.24) is 0 Å². The number of halogens is 18. The molecular weight excluding hydrogens is 1880 g/mol. The normalized spacial score (nSPS) is 12.6. The number of carbonyl (C=O) groups excluding carboxylic acids is 2. The summed E-state index contributed by atoms with van der Waals surface area (Å²) in [4.78, 5) is 19.8. The van der Waals surface area contributed by atoms with Gasteiger partial charge in [0.25, 0.3) is 0 Å². The first-order valence-corrected chi connectivity index (χ1v) is 43.5. The molecular formula is C95H89F18O4P4Rh2-3. The Bertz CT molecular complexity index is 4260. The van der Waals surface area contributed by atoms with Gasteiger partial charge in [-0.15, -0.1) is 0 Å². The number of carboxylic acid groups (broad SMARTS) is 2. The van der Waals surface area contributed by atoms with Crippen molar-refractivity contribution in [2.24, 2.45) is 10.8 Å². The Morgan fingerprint density at radius 1 is 0.276 bits per heavy atom. The van der Waals surface area contributed by atoms with Crippen LogP contribution in [0.4, 0.5) is 79.0 Å². The molecule has 660 valence electrons. The van der Waals surface area contributed by atoms with E-state index in [9.17, 15) is 98.8 Å². The molecule has 123 heavy (non-hydrogen) atoms. The Morgan fingerprint density at radius 3 is 0.569 bits per heavy atom. The molecule has 28 heteroatoms. The van der Waals surface area contributed by atoms with E-state index in [1.54, 1.807) is 41.5 Å². The molecule has 0 spiro atoms. The fourth-order valence-electron chi connectivity index (χ4n) is 10.8. The minimum Gasteiger partial charge on any atom is -0.550 e. The van der Waals surface area contributed by atoms with Crippen LogP contribution >= 0.6 is 31.7 Å². The van der Waals surface area contributed by atoms with Gasteiger partial charge in [0.05, 0.1) is 33.4 Å². The topological polar surface area (TPSA) is 80.3 Å². The maximum absolute atomic E-state index is 12.9. The molecule has 0 N–H and O–H groups in total. The van der Waals surface area contributed by atoms with Crippen LogP contribution in [0.5, 0.6) is 0 Å². The zero-order chi connectivity index (χ0) is 89.4. The summed E-state index contributed by atoms with van der Waals surface area (Å²) in [6.07, 6.45) is -8.41. The van der Waals surface area contributed by atoms with Gasteiger partial charge in [-0.25, -0.2) is 0 Å². The zero-order valence-electron chi connectivity index (χ0n) is 67.6. The molecule has 0 saturated heterocycles. The van der Waals surface area contributed by atoms with Crippen LogP contribution in [0.25, 0.3) is 0 Å². The van der Waals surface area contributed by atoms with Crippen molar-refractivity contribution in [2.45, 2.75) is 124 Å². The van der Waals surface area contributed by atoms with E-state index in [2.05, 4.69) is 159 Å². The molecule has 11 aromatic rings. The molecule has 2 radical (unpaired) electrons. The number of carbonyl (C=O) groups is 2. The maximum atomic E-state index is 12.9.